The summed E-state index contributed by atoms with van der Waals surface area (Å²) in [5.74, 6) is 0.0211. The van der Waals surface area contributed by atoms with Crippen molar-refractivity contribution in [3.63, 3.8) is 0 Å². The van der Waals surface area contributed by atoms with Crippen LogP contribution in [-0.2, 0) is 9.59 Å². The lowest BCUT2D eigenvalue weighted by Gasteiger charge is -2.17. The van der Waals surface area contributed by atoms with Gasteiger partial charge in [0.15, 0.2) is 5.65 Å². The average Bonchev–Trinajstić information content (AvgIpc) is 3.28. The maximum absolute atomic E-state index is 12.5. The molecule has 1 atom stereocenters. The van der Waals surface area contributed by atoms with Crippen LogP contribution in [0.5, 0.6) is 5.75 Å². The predicted molar refractivity (Wildman–Crippen MR) is 95.1 cm³/mol. The fraction of sp³-hybridized carbons (Fsp3) is 0.222. The number of carbonyl (C=O) groups excluding carboxylic acids is 2. The highest BCUT2D eigenvalue weighted by molar-refractivity contribution is 6.03. The van der Waals surface area contributed by atoms with Crippen LogP contribution in [-0.4, -0.2) is 40.1 Å². The smallest absolute Gasteiger partial charge is 0.229 e. The van der Waals surface area contributed by atoms with Crippen molar-refractivity contribution in [2.75, 3.05) is 23.9 Å². The van der Waals surface area contributed by atoms with Gasteiger partial charge in [-0.2, -0.15) is 5.10 Å². The number of rotatable bonds is 4. The summed E-state index contributed by atoms with van der Waals surface area (Å²) < 4.78 is 6.71. The van der Waals surface area contributed by atoms with Gasteiger partial charge < -0.3 is 15.0 Å². The number of amides is 2. The summed E-state index contributed by atoms with van der Waals surface area (Å²) in [6.07, 6.45) is 5.08. The summed E-state index contributed by atoms with van der Waals surface area (Å²) in [6, 6.07) is 8.98. The van der Waals surface area contributed by atoms with E-state index in [4.69, 9.17) is 4.74 Å². The number of benzene rings is 1. The van der Waals surface area contributed by atoms with Gasteiger partial charge in [-0.05, 0) is 24.3 Å². The minimum Gasteiger partial charge on any atom is -0.497 e. The number of hydrogen-bond donors (Lipinski definition) is 1. The van der Waals surface area contributed by atoms with E-state index in [-0.39, 0.29) is 18.2 Å². The fourth-order valence-electron chi connectivity index (χ4n) is 3.01. The van der Waals surface area contributed by atoms with Crippen molar-refractivity contribution < 1.29 is 14.3 Å². The van der Waals surface area contributed by atoms with Crippen LogP contribution in [0.3, 0.4) is 0 Å². The third-order valence-corrected chi connectivity index (χ3v) is 4.39. The van der Waals surface area contributed by atoms with Gasteiger partial charge in [0, 0.05) is 24.7 Å². The second kappa shape index (κ2) is 6.47. The topological polar surface area (TPSA) is 88.8 Å². The highest BCUT2D eigenvalue weighted by Gasteiger charge is 2.35. The molecular formula is C18H17N5O3. The highest BCUT2D eigenvalue weighted by atomic mass is 16.5. The molecule has 4 rings (SSSR count). The van der Waals surface area contributed by atoms with Crippen LogP contribution in [0.2, 0.25) is 0 Å². The molecule has 3 heterocycles. The average molecular weight is 351 g/mol. The van der Waals surface area contributed by atoms with Crippen molar-refractivity contribution in [3.05, 3.63) is 48.9 Å². The Morgan fingerprint density at radius 1 is 1.27 bits per heavy atom. The van der Waals surface area contributed by atoms with Crippen molar-refractivity contribution >= 4 is 28.8 Å². The van der Waals surface area contributed by atoms with Gasteiger partial charge in [-0.15, -0.1) is 0 Å². The second-order valence-electron chi connectivity index (χ2n) is 6.07. The van der Waals surface area contributed by atoms with E-state index in [9.17, 15) is 9.59 Å². The molecule has 1 aliphatic heterocycles. The largest absolute Gasteiger partial charge is 0.497 e. The molecule has 0 radical (unpaired) electrons. The first kappa shape index (κ1) is 16.1. The molecule has 3 aromatic rings. The van der Waals surface area contributed by atoms with Crippen LogP contribution in [0, 0.1) is 5.92 Å². The zero-order chi connectivity index (χ0) is 18.1. The maximum atomic E-state index is 12.5. The van der Waals surface area contributed by atoms with E-state index in [2.05, 4.69) is 15.4 Å². The lowest BCUT2D eigenvalue weighted by Crippen LogP contribution is -2.28. The molecule has 1 aromatic carbocycles. The fourth-order valence-corrected chi connectivity index (χ4v) is 3.01. The van der Waals surface area contributed by atoms with Gasteiger partial charge in [0.25, 0.3) is 0 Å². The molecule has 2 aromatic heterocycles. The van der Waals surface area contributed by atoms with Crippen molar-refractivity contribution in [2.24, 2.45) is 5.92 Å². The number of carbonyl (C=O) groups is 2. The summed E-state index contributed by atoms with van der Waals surface area (Å²) in [6.45, 7) is 0.342. The second-order valence-corrected chi connectivity index (χ2v) is 6.07. The standard InChI is InChI=1S/C18H17N5O3/c1-26-15-4-2-14(3-5-15)22-10-12(8-17(22)24)18(25)21-13-9-19-16-6-7-20-23(16)11-13/h2-7,9,11-12H,8,10H2,1H3,(H,21,25). The Kier molecular flexibility index (Phi) is 4.00. The summed E-state index contributed by atoms with van der Waals surface area (Å²) in [4.78, 5) is 30.7. The normalized spacial score (nSPS) is 16.9. The molecule has 26 heavy (non-hydrogen) atoms. The summed E-state index contributed by atoms with van der Waals surface area (Å²) in [5, 5.41) is 6.91. The van der Waals surface area contributed by atoms with Crippen LogP contribution in [0.15, 0.2) is 48.9 Å². The third-order valence-electron chi connectivity index (χ3n) is 4.39. The van der Waals surface area contributed by atoms with Gasteiger partial charge >= 0.3 is 0 Å². The minimum absolute atomic E-state index is 0.0732. The Morgan fingerprint density at radius 3 is 2.85 bits per heavy atom. The Balaban J connectivity index is 1.45. The van der Waals surface area contributed by atoms with E-state index < -0.39 is 5.92 Å². The van der Waals surface area contributed by atoms with Crippen LogP contribution >= 0.6 is 0 Å². The molecule has 0 bridgehead atoms. The molecule has 0 saturated carbocycles. The molecule has 1 fully saturated rings. The number of aromatic nitrogens is 3. The van der Waals surface area contributed by atoms with E-state index >= 15 is 0 Å². The lowest BCUT2D eigenvalue weighted by molar-refractivity contribution is -0.122. The Hall–Kier alpha value is -3.42. The van der Waals surface area contributed by atoms with Gasteiger partial charge in [-0.25, -0.2) is 9.50 Å². The monoisotopic (exact) mass is 351 g/mol. The van der Waals surface area contributed by atoms with Crippen LogP contribution in [0.1, 0.15) is 6.42 Å². The van der Waals surface area contributed by atoms with Crippen LogP contribution < -0.4 is 15.0 Å². The first-order valence-electron chi connectivity index (χ1n) is 8.19. The first-order valence-corrected chi connectivity index (χ1v) is 8.19. The summed E-state index contributed by atoms with van der Waals surface area (Å²) >= 11 is 0. The Bertz CT molecular complexity index is 966. The molecule has 8 heteroatoms. The minimum atomic E-state index is -0.419. The zero-order valence-electron chi connectivity index (χ0n) is 14.1. The van der Waals surface area contributed by atoms with Gasteiger partial charge in [0.05, 0.1) is 37.3 Å². The number of nitrogens with zero attached hydrogens (tertiary/aromatic N) is 4. The van der Waals surface area contributed by atoms with Gasteiger partial charge in [0.1, 0.15) is 5.75 Å². The van der Waals surface area contributed by atoms with Crippen molar-refractivity contribution in [1.29, 1.82) is 0 Å². The van der Waals surface area contributed by atoms with Crippen molar-refractivity contribution in [1.82, 2.24) is 14.6 Å². The number of hydrogen-bond acceptors (Lipinski definition) is 5. The van der Waals surface area contributed by atoms with Crippen molar-refractivity contribution in [3.8, 4) is 5.75 Å². The predicted octanol–water partition coefficient (Wildman–Crippen LogP) is 1.73. The lowest BCUT2D eigenvalue weighted by atomic mass is 10.1. The number of fused-ring (bicyclic) bond motifs is 1. The molecule has 0 spiro atoms. The summed E-state index contributed by atoms with van der Waals surface area (Å²) in [5.41, 5.74) is 2.00. The molecule has 132 valence electrons. The molecule has 2 amide bonds. The quantitative estimate of drug-likeness (QED) is 0.773. The molecule has 1 saturated heterocycles. The molecule has 1 N–H and O–H groups in total. The number of nitrogens with one attached hydrogen (secondary N) is 1. The van der Waals surface area contributed by atoms with Gasteiger partial charge in [-0.1, -0.05) is 0 Å². The van der Waals surface area contributed by atoms with E-state index in [0.717, 1.165) is 11.4 Å². The van der Waals surface area contributed by atoms with E-state index in [1.807, 2.05) is 12.1 Å². The van der Waals surface area contributed by atoms with Gasteiger partial charge in [-0.3, -0.25) is 9.59 Å². The third kappa shape index (κ3) is 2.97. The van der Waals surface area contributed by atoms with Crippen LogP contribution in [0.25, 0.3) is 5.65 Å². The van der Waals surface area contributed by atoms with E-state index in [1.54, 1.807) is 53.3 Å². The SMILES string of the molecule is COc1ccc(N2CC(C(=O)Nc3cnc4ccnn4c3)CC2=O)cc1. The van der Waals surface area contributed by atoms with Crippen molar-refractivity contribution in [2.45, 2.75) is 6.42 Å². The molecule has 0 aliphatic carbocycles. The first-order chi connectivity index (χ1) is 12.6. The molecule has 1 unspecified atom stereocenters. The van der Waals surface area contributed by atoms with Gasteiger partial charge in [0.2, 0.25) is 11.8 Å². The Labute approximate surface area is 149 Å². The van der Waals surface area contributed by atoms with Crippen LogP contribution in [0.4, 0.5) is 11.4 Å². The highest BCUT2D eigenvalue weighted by Crippen LogP contribution is 2.27. The Morgan fingerprint density at radius 2 is 2.08 bits per heavy atom. The molecule has 8 nitrogen and oxygen atoms in total. The maximum Gasteiger partial charge on any atom is 0.229 e. The summed E-state index contributed by atoms with van der Waals surface area (Å²) in [7, 11) is 1.59. The number of anilines is 2. The molecule has 1 aliphatic rings. The molecular weight excluding hydrogens is 334 g/mol. The number of ether oxygens (including phenoxy) is 1. The van der Waals surface area contributed by atoms with E-state index in [0.29, 0.717) is 17.9 Å². The number of methoxy groups -OCH3 is 1. The van der Waals surface area contributed by atoms with E-state index in [1.165, 1.54) is 0 Å². The zero-order valence-corrected chi connectivity index (χ0v) is 14.1.